The highest BCUT2D eigenvalue weighted by Crippen LogP contribution is 2.35. The van der Waals surface area contributed by atoms with Crippen molar-refractivity contribution in [2.75, 3.05) is 30.5 Å². The number of nitrogens with zero attached hydrogens (tertiary/aromatic N) is 6. The number of aromatic nitrogens is 5. The van der Waals surface area contributed by atoms with E-state index in [1.54, 1.807) is 10.9 Å². The second kappa shape index (κ2) is 10.8. The van der Waals surface area contributed by atoms with Gasteiger partial charge in [0, 0.05) is 36.5 Å². The highest BCUT2D eigenvalue weighted by atomic mass is 32.2. The van der Waals surface area contributed by atoms with Gasteiger partial charge in [0.05, 0.1) is 34.6 Å². The third-order valence-electron chi connectivity index (χ3n) is 6.33. The molecule has 0 bridgehead atoms. The van der Waals surface area contributed by atoms with Crippen molar-refractivity contribution in [3.63, 3.8) is 0 Å². The second-order valence-corrected chi connectivity index (χ2v) is 11.7. The zero-order chi connectivity index (χ0) is 27.5. The molecule has 2 N–H and O–H groups in total. The summed E-state index contributed by atoms with van der Waals surface area (Å²) in [5.74, 6) is 1.41. The van der Waals surface area contributed by atoms with E-state index < -0.39 is 9.84 Å². The van der Waals surface area contributed by atoms with Gasteiger partial charge in [0.1, 0.15) is 40.0 Å². The zero-order valence-corrected chi connectivity index (χ0v) is 22.5. The van der Waals surface area contributed by atoms with Crippen LogP contribution in [0.3, 0.4) is 0 Å². The van der Waals surface area contributed by atoms with Crippen LogP contribution in [0.2, 0.25) is 0 Å². The Morgan fingerprint density at radius 1 is 1.02 bits per heavy atom. The molecule has 40 heavy (non-hydrogen) atoms. The molecule has 0 saturated heterocycles. The molecule has 0 radical (unpaired) electrons. The Hall–Kier alpha value is -4.68. The number of benzene rings is 3. The Balaban J connectivity index is 1.21. The van der Waals surface area contributed by atoms with Gasteiger partial charge in [-0.25, -0.2) is 28.1 Å². The van der Waals surface area contributed by atoms with Gasteiger partial charge in [0.25, 0.3) is 0 Å². The molecule has 1 aliphatic rings. The summed E-state index contributed by atoms with van der Waals surface area (Å²) < 4.78 is 30.3. The SMILES string of the molecule is CS(=O)(=O)CCNCc1cn(-c2ccc3ncnc(Nc4ccc5c(c4)OCC(c4ccccc4)=N5)c3c2)nn1. The van der Waals surface area contributed by atoms with Gasteiger partial charge >= 0.3 is 0 Å². The van der Waals surface area contributed by atoms with Crippen molar-refractivity contribution >= 4 is 43.6 Å². The number of ether oxygens (including phenoxy) is 1. The molecule has 0 atom stereocenters. The average molecular weight is 555 g/mol. The quantitative estimate of drug-likeness (QED) is 0.262. The van der Waals surface area contributed by atoms with E-state index in [0.29, 0.717) is 37.0 Å². The number of hydrogen-bond acceptors (Lipinski definition) is 10. The fourth-order valence-electron chi connectivity index (χ4n) is 4.31. The van der Waals surface area contributed by atoms with Crippen molar-refractivity contribution in [2.45, 2.75) is 6.54 Å². The fourth-order valence-corrected chi connectivity index (χ4v) is 4.82. The lowest BCUT2D eigenvalue weighted by Gasteiger charge is -2.18. The monoisotopic (exact) mass is 554 g/mol. The smallest absolute Gasteiger partial charge is 0.148 e. The maximum atomic E-state index is 11.3. The van der Waals surface area contributed by atoms with Crippen LogP contribution in [0.25, 0.3) is 16.6 Å². The number of nitrogens with one attached hydrogen (secondary N) is 2. The summed E-state index contributed by atoms with van der Waals surface area (Å²) in [6.07, 6.45) is 4.54. The summed E-state index contributed by atoms with van der Waals surface area (Å²) in [6, 6.07) is 21.5. The summed E-state index contributed by atoms with van der Waals surface area (Å²) in [5, 5.41) is 15.7. The van der Waals surface area contributed by atoms with E-state index in [9.17, 15) is 8.42 Å². The third-order valence-corrected chi connectivity index (χ3v) is 7.28. The number of fused-ring (bicyclic) bond motifs is 2. The lowest BCUT2D eigenvalue weighted by molar-refractivity contribution is 0.373. The standard InChI is InChI=1S/C28H26N8O3S/c1-40(37,38)12-11-29-15-21-16-36(35-34-21)22-8-10-24-23(14-22)28(31-18-30-24)32-20-7-9-25-27(13-20)39-17-26(33-25)19-5-3-2-4-6-19/h2-10,13-14,16,18,29H,11-12,15,17H2,1H3,(H,30,31,32). The number of sulfone groups is 1. The van der Waals surface area contributed by atoms with E-state index in [1.165, 1.54) is 12.6 Å². The molecule has 0 saturated carbocycles. The maximum Gasteiger partial charge on any atom is 0.148 e. The predicted molar refractivity (Wildman–Crippen MR) is 154 cm³/mol. The largest absolute Gasteiger partial charge is 0.485 e. The molecule has 11 nitrogen and oxygen atoms in total. The molecule has 5 aromatic rings. The first-order chi connectivity index (χ1) is 19.4. The van der Waals surface area contributed by atoms with Crippen molar-refractivity contribution in [2.24, 2.45) is 4.99 Å². The lowest BCUT2D eigenvalue weighted by atomic mass is 10.1. The number of anilines is 2. The van der Waals surface area contributed by atoms with Crippen LogP contribution in [0.1, 0.15) is 11.3 Å². The first-order valence-corrected chi connectivity index (χ1v) is 14.7. The molecule has 0 spiro atoms. The molecule has 0 unspecified atom stereocenters. The van der Waals surface area contributed by atoms with Gasteiger partial charge in [0.2, 0.25) is 0 Å². The Bertz CT molecular complexity index is 1820. The van der Waals surface area contributed by atoms with E-state index in [4.69, 9.17) is 9.73 Å². The van der Waals surface area contributed by atoms with E-state index in [-0.39, 0.29) is 5.75 Å². The highest BCUT2D eigenvalue weighted by Gasteiger charge is 2.16. The zero-order valence-electron chi connectivity index (χ0n) is 21.7. The molecule has 2 aromatic heterocycles. The van der Waals surface area contributed by atoms with E-state index in [1.807, 2.05) is 66.7 Å². The molecule has 3 heterocycles. The van der Waals surface area contributed by atoms with Crippen molar-refractivity contribution in [1.29, 1.82) is 0 Å². The summed E-state index contributed by atoms with van der Waals surface area (Å²) in [4.78, 5) is 13.7. The number of hydrogen-bond donors (Lipinski definition) is 2. The Morgan fingerprint density at radius 2 is 1.90 bits per heavy atom. The molecule has 0 amide bonds. The van der Waals surface area contributed by atoms with Gasteiger partial charge in [-0.3, -0.25) is 0 Å². The van der Waals surface area contributed by atoms with E-state index in [0.717, 1.165) is 39.2 Å². The topological polar surface area (TPSA) is 136 Å². The lowest BCUT2D eigenvalue weighted by Crippen LogP contribution is -2.22. The van der Waals surface area contributed by atoms with Crippen molar-refractivity contribution < 1.29 is 13.2 Å². The van der Waals surface area contributed by atoms with Crippen LogP contribution >= 0.6 is 0 Å². The number of rotatable bonds is 9. The van der Waals surface area contributed by atoms with Crippen LogP contribution in [0, 0.1) is 0 Å². The van der Waals surface area contributed by atoms with Gasteiger partial charge in [0.15, 0.2) is 0 Å². The molecule has 12 heteroatoms. The third kappa shape index (κ3) is 5.82. The molecule has 3 aromatic carbocycles. The van der Waals surface area contributed by atoms with Gasteiger partial charge in [-0.05, 0) is 35.9 Å². The van der Waals surface area contributed by atoms with Crippen molar-refractivity contribution in [3.05, 3.63) is 90.5 Å². The predicted octanol–water partition coefficient (Wildman–Crippen LogP) is 3.60. The summed E-state index contributed by atoms with van der Waals surface area (Å²) in [7, 11) is -3.02. The average Bonchev–Trinajstić information content (AvgIpc) is 3.44. The minimum Gasteiger partial charge on any atom is -0.485 e. The summed E-state index contributed by atoms with van der Waals surface area (Å²) >= 11 is 0. The normalized spacial score (nSPS) is 13.0. The molecular formula is C28H26N8O3S. The Morgan fingerprint density at radius 3 is 2.75 bits per heavy atom. The number of aliphatic imine (C=N–C) groups is 1. The van der Waals surface area contributed by atoms with Crippen LogP contribution in [0.15, 0.2) is 84.2 Å². The molecule has 6 rings (SSSR count). The first-order valence-electron chi connectivity index (χ1n) is 12.6. The van der Waals surface area contributed by atoms with Crippen LogP contribution in [-0.4, -0.2) is 64.3 Å². The summed E-state index contributed by atoms with van der Waals surface area (Å²) in [6.45, 7) is 1.16. The van der Waals surface area contributed by atoms with Gasteiger partial charge in [-0.2, -0.15) is 0 Å². The molecular weight excluding hydrogens is 528 g/mol. The van der Waals surface area contributed by atoms with Crippen LogP contribution < -0.4 is 15.4 Å². The highest BCUT2D eigenvalue weighted by molar-refractivity contribution is 7.90. The van der Waals surface area contributed by atoms with E-state index >= 15 is 0 Å². The molecule has 1 aliphatic heterocycles. The van der Waals surface area contributed by atoms with Crippen LogP contribution in [-0.2, 0) is 16.4 Å². The van der Waals surface area contributed by atoms with Gasteiger partial charge < -0.3 is 15.4 Å². The first kappa shape index (κ1) is 25.6. The maximum absolute atomic E-state index is 11.3. The Labute approximate surface area is 230 Å². The van der Waals surface area contributed by atoms with Crippen molar-refractivity contribution in [1.82, 2.24) is 30.3 Å². The minimum absolute atomic E-state index is 0.0693. The second-order valence-electron chi connectivity index (χ2n) is 9.41. The Kier molecular flexibility index (Phi) is 6.93. The minimum atomic E-state index is -3.02. The van der Waals surface area contributed by atoms with Crippen LogP contribution in [0.5, 0.6) is 5.75 Å². The van der Waals surface area contributed by atoms with Gasteiger partial charge in [-0.1, -0.05) is 35.5 Å². The van der Waals surface area contributed by atoms with Gasteiger partial charge in [-0.15, -0.1) is 5.10 Å². The van der Waals surface area contributed by atoms with E-state index in [2.05, 4.69) is 30.9 Å². The molecule has 202 valence electrons. The molecule has 0 aliphatic carbocycles. The van der Waals surface area contributed by atoms with Crippen molar-refractivity contribution in [3.8, 4) is 11.4 Å². The van der Waals surface area contributed by atoms with Crippen LogP contribution in [0.4, 0.5) is 17.2 Å². The molecule has 0 fully saturated rings. The fraction of sp³-hybridized carbons (Fsp3) is 0.179. The summed E-state index contributed by atoms with van der Waals surface area (Å²) in [5.41, 5.74) is 5.78.